The molecule has 1 aromatic rings. The van der Waals surface area contributed by atoms with Crippen molar-refractivity contribution in [3.05, 3.63) is 29.8 Å². The minimum Gasteiger partial charge on any atom is -0.497 e. The fourth-order valence-corrected chi connectivity index (χ4v) is 1.06. The van der Waals surface area contributed by atoms with Gasteiger partial charge in [0.05, 0.1) is 7.11 Å². The number of hydrogen-bond acceptors (Lipinski definition) is 3. The van der Waals surface area contributed by atoms with Crippen molar-refractivity contribution in [1.29, 1.82) is 0 Å². The first-order valence-corrected chi connectivity index (χ1v) is 4.15. The van der Waals surface area contributed by atoms with E-state index in [1.165, 1.54) is 6.92 Å². The van der Waals surface area contributed by atoms with Crippen LogP contribution in [0.5, 0.6) is 5.75 Å². The summed E-state index contributed by atoms with van der Waals surface area (Å²) < 4.78 is 4.95. The van der Waals surface area contributed by atoms with Gasteiger partial charge in [0.15, 0.2) is 0 Å². The molecule has 0 aromatic heterocycles. The van der Waals surface area contributed by atoms with E-state index in [2.05, 4.69) is 0 Å². The lowest BCUT2D eigenvalue weighted by molar-refractivity contribution is -0.143. The number of nitrogens with two attached hydrogens (primary N) is 1. The zero-order chi connectivity index (χ0) is 10.8. The maximum Gasteiger partial charge on any atom is 0.328 e. The van der Waals surface area contributed by atoms with Gasteiger partial charge in [-0.25, -0.2) is 4.79 Å². The van der Waals surface area contributed by atoms with Crippen LogP contribution in [0.1, 0.15) is 12.5 Å². The molecule has 0 heterocycles. The predicted octanol–water partition coefficient (Wildman–Crippen LogP) is 1.38. The summed E-state index contributed by atoms with van der Waals surface area (Å²) in [5.41, 5.74) is 4.82. The second-order valence-electron chi connectivity index (χ2n) is 3.24. The average molecular weight is 232 g/mol. The Balaban J connectivity index is 0.00000196. The number of halogens is 1. The van der Waals surface area contributed by atoms with Crippen molar-refractivity contribution in [2.45, 2.75) is 12.5 Å². The van der Waals surface area contributed by atoms with Crippen LogP contribution in [0.25, 0.3) is 0 Å². The van der Waals surface area contributed by atoms with Gasteiger partial charge in [0.25, 0.3) is 0 Å². The predicted molar refractivity (Wildman–Crippen MR) is 59.4 cm³/mol. The van der Waals surface area contributed by atoms with Crippen LogP contribution in [0.15, 0.2) is 24.3 Å². The number of hydrogen-bond donors (Lipinski definition) is 2. The lowest BCUT2D eigenvalue weighted by Crippen LogP contribution is -2.41. The molecule has 0 saturated heterocycles. The third kappa shape index (κ3) is 2.84. The fraction of sp³-hybridized carbons (Fsp3) is 0.300. The molecule has 0 amide bonds. The van der Waals surface area contributed by atoms with Gasteiger partial charge in [-0.15, -0.1) is 12.4 Å². The van der Waals surface area contributed by atoms with E-state index in [4.69, 9.17) is 15.6 Å². The van der Waals surface area contributed by atoms with Crippen molar-refractivity contribution in [1.82, 2.24) is 0 Å². The largest absolute Gasteiger partial charge is 0.497 e. The highest BCUT2D eigenvalue weighted by molar-refractivity contribution is 5.85. The molecule has 0 radical (unpaired) electrons. The SMILES string of the molecule is COc1ccc([C@@](C)(N)C(=O)O)cc1.Cl. The van der Waals surface area contributed by atoms with Crippen molar-refractivity contribution >= 4 is 18.4 Å². The van der Waals surface area contributed by atoms with Crippen LogP contribution in [0.3, 0.4) is 0 Å². The number of benzene rings is 1. The monoisotopic (exact) mass is 231 g/mol. The van der Waals surface area contributed by atoms with Gasteiger partial charge in [-0.3, -0.25) is 0 Å². The van der Waals surface area contributed by atoms with Crippen molar-refractivity contribution in [2.24, 2.45) is 5.73 Å². The van der Waals surface area contributed by atoms with Gasteiger partial charge in [-0.1, -0.05) is 12.1 Å². The molecule has 1 atom stereocenters. The molecular weight excluding hydrogens is 218 g/mol. The molecule has 0 unspecified atom stereocenters. The molecular formula is C10H14ClNO3. The summed E-state index contributed by atoms with van der Waals surface area (Å²) in [5.74, 6) is -0.377. The van der Waals surface area contributed by atoms with Crippen LogP contribution >= 0.6 is 12.4 Å². The number of methoxy groups -OCH3 is 1. The molecule has 84 valence electrons. The molecule has 0 aliphatic heterocycles. The van der Waals surface area contributed by atoms with Crippen molar-refractivity contribution in [3.63, 3.8) is 0 Å². The number of carbonyl (C=O) groups is 1. The Morgan fingerprint density at radius 3 is 2.20 bits per heavy atom. The molecule has 0 saturated carbocycles. The quantitative estimate of drug-likeness (QED) is 0.824. The Kier molecular flexibility index (Phi) is 4.58. The normalized spacial score (nSPS) is 13.5. The Hall–Kier alpha value is -1.26. The topological polar surface area (TPSA) is 72.5 Å². The Bertz CT molecular complexity index is 335. The van der Waals surface area contributed by atoms with E-state index in [1.54, 1.807) is 31.4 Å². The molecule has 0 fully saturated rings. The highest BCUT2D eigenvalue weighted by Crippen LogP contribution is 2.20. The maximum atomic E-state index is 10.8. The maximum absolute atomic E-state index is 10.8. The Morgan fingerprint density at radius 2 is 1.87 bits per heavy atom. The molecule has 5 heteroatoms. The van der Waals surface area contributed by atoms with Gasteiger partial charge in [-0.2, -0.15) is 0 Å². The highest BCUT2D eigenvalue weighted by Gasteiger charge is 2.29. The third-order valence-corrected chi connectivity index (χ3v) is 2.13. The number of rotatable bonds is 3. The molecule has 4 nitrogen and oxygen atoms in total. The summed E-state index contributed by atoms with van der Waals surface area (Å²) in [4.78, 5) is 10.8. The van der Waals surface area contributed by atoms with E-state index in [-0.39, 0.29) is 12.4 Å². The molecule has 3 N–H and O–H groups in total. The summed E-state index contributed by atoms with van der Waals surface area (Å²) >= 11 is 0. The van der Waals surface area contributed by atoms with E-state index >= 15 is 0 Å². The van der Waals surface area contributed by atoms with E-state index in [1.807, 2.05) is 0 Å². The summed E-state index contributed by atoms with van der Waals surface area (Å²) in [6.07, 6.45) is 0. The van der Waals surface area contributed by atoms with E-state index < -0.39 is 11.5 Å². The number of ether oxygens (including phenoxy) is 1. The minimum absolute atomic E-state index is 0. The fourth-order valence-electron chi connectivity index (χ4n) is 1.06. The van der Waals surface area contributed by atoms with Crippen LogP contribution in [-0.2, 0) is 10.3 Å². The Morgan fingerprint density at radius 1 is 1.40 bits per heavy atom. The molecule has 0 aliphatic rings. The summed E-state index contributed by atoms with van der Waals surface area (Å²) in [6.45, 7) is 1.46. The van der Waals surface area contributed by atoms with E-state index in [0.29, 0.717) is 11.3 Å². The van der Waals surface area contributed by atoms with E-state index in [0.717, 1.165) is 0 Å². The van der Waals surface area contributed by atoms with Gasteiger partial charge in [-0.05, 0) is 24.6 Å². The standard InChI is InChI=1S/C10H13NO3.ClH/c1-10(11,9(12)13)7-3-5-8(14-2)6-4-7;/h3-6H,11H2,1-2H3,(H,12,13);1H/t10-;/m1./s1. The summed E-state index contributed by atoms with van der Waals surface area (Å²) in [6, 6.07) is 6.66. The first-order valence-electron chi connectivity index (χ1n) is 4.15. The molecule has 0 aliphatic carbocycles. The van der Waals surface area contributed by atoms with Crippen LogP contribution in [0, 0.1) is 0 Å². The average Bonchev–Trinajstić information content (AvgIpc) is 2.17. The van der Waals surface area contributed by atoms with Gasteiger partial charge < -0.3 is 15.6 Å². The summed E-state index contributed by atoms with van der Waals surface area (Å²) in [7, 11) is 1.55. The van der Waals surface area contributed by atoms with Crippen molar-refractivity contribution < 1.29 is 14.6 Å². The second-order valence-corrected chi connectivity index (χ2v) is 3.24. The lowest BCUT2D eigenvalue weighted by atomic mass is 9.93. The number of carboxylic acids is 1. The molecule has 1 rings (SSSR count). The van der Waals surface area contributed by atoms with Crippen LogP contribution < -0.4 is 10.5 Å². The summed E-state index contributed by atoms with van der Waals surface area (Å²) in [5, 5.41) is 8.86. The first kappa shape index (κ1) is 13.7. The molecule has 15 heavy (non-hydrogen) atoms. The number of carboxylic acid groups (broad SMARTS) is 1. The number of aliphatic carboxylic acids is 1. The highest BCUT2D eigenvalue weighted by atomic mass is 35.5. The van der Waals surface area contributed by atoms with Crippen LogP contribution in [0.2, 0.25) is 0 Å². The lowest BCUT2D eigenvalue weighted by Gasteiger charge is -2.19. The zero-order valence-electron chi connectivity index (χ0n) is 8.56. The smallest absolute Gasteiger partial charge is 0.328 e. The van der Waals surface area contributed by atoms with Crippen LogP contribution in [0.4, 0.5) is 0 Å². The Labute approximate surface area is 94.5 Å². The first-order chi connectivity index (χ1) is 6.48. The van der Waals surface area contributed by atoms with E-state index in [9.17, 15) is 4.79 Å². The van der Waals surface area contributed by atoms with Gasteiger partial charge in [0, 0.05) is 0 Å². The third-order valence-electron chi connectivity index (χ3n) is 2.13. The van der Waals surface area contributed by atoms with Crippen LogP contribution in [-0.4, -0.2) is 18.2 Å². The molecule has 0 bridgehead atoms. The molecule has 0 spiro atoms. The van der Waals surface area contributed by atoms with Gasteiger partial charge in [0.2, 0.25) is 0 Å². The van der Waals surface area contributed by atoms with Gasteiger partial charge >= 0.3 is 5.97 Å². The minimum atomic E-state index is -1.35. The zero-order valence-corrected chi connectivity index (χ0v) is 9.38. The molecule has 1 aromatic carbocycles. The van der Waals surface area contributed by atoms with Gasteiger partial charge in [0.1, 0.15) is 11.3 Å². The van der Waals surface area contributed by atoms with Crippen molar-refractivity contribution in [2.75, 3.05) is 7.11 Å². The van der Waals surface area contributed by atoms with Crippen molar-refractivity contribution in [3.8, 4) is 5.75 Å². The second kappa shape index (κ2) is 5.00.